The van der Waals surface area contributed by atoms with E-state index in [0.717, 1.165) is 34.7 Å². The lowest BCUT2D eigenvalue weighted by Crippen LogP contribution is -2.43. The van der Waals surface area contributed by atoms with Crippen LogP contribution in [0, 0.1) is 11.7 Å². The van der Waals surface area contributed by atoms with Crippen molar-refractivity contribution in [3.63, 3.8) is 0 Å². The molecule has 0 N–H and O–H groups in total. The van der Waals surface area contributed by atoms with Gasteiger partial charge in [0.25, 0.3) is 0 Å². The van der Waals surface area contributed by atoms with Gasteiger partial charge in [-0.25, -0.2) is 14.1 Å². The van der Waals surface area contributed by atoms with E-state index in [1.807, 2.05) is 44.2 Å². The molecule has 0 aromatic heterocycles. The second kappa shape index (κ2) is 14.3. The molecule has 5 rings (SSSR count). The second-order valence-corrected chi connectivity index (χ2v) is 12.3. The normalized spacial score (nSPS) is 15.8. The van der Waals surface area contributed by atoms with Crippen LogP contribution in [0.2, 0.25) is 0 Å². The molecule has 12 heteroatoms. The van der Waals surface area contributed by atoms with Crippen LogP contribution in [0.1, 0.15) is 54.0 Å². The molecule has 1 heterocycles. The predicted octanol–water partition coefficient (Wildman–Crippen LogP) is 9.83. The zero-order valence-electron chi connectivity index (χ0n) is 26.4. The first-order valence-electron chi connectivity index (χ1n) is 15.4. The van der Waals surface area contributed by atoms with Gasteiger partial charge in [-0.3, -0.25) is 4.79 Å². The Labute approximate surface area is 278 Å². The van der Waals surface area contributed by atoms with E-state index in [0.29, 0.717) is 29.2 Å². The molecule has 0 bridgehead atoms. The van der Waals surface area contributed by atoms with Crippen molar-refractivity contribution in [3.8, 4) is 16.9 Å². The van der Waals surface area contributed by atoms with Crippen molar-refractivity contribution in [1.29, 1.82) is 0 Å². The Morgan fingerprint density at radius 2 is 1.57 bits per heavy atom. The molecule has 0 radical (unpaired) electrons. The van der Waals surface area contributed by atoms with Crippen molar-refractivity contribution in [1.82, 2.24) is 4.90 Å². The number of imide groups is 1. The summed E-state index contributed by atoms with van der Waals surface area (Å²) in [7, 11) is 0. The molecule has 2 amide bonds. The number of halogens is 7. The van der Waals surface area contributed by atoms with Gasteiger partial charge in [0.05, 0.1) is 23.1 Å². The van der Waals surface area contributed by atoms with Crippen LogP contribution in [-0.4, -0.2) is 29.5 Å². The van der Waals surface area contributed by atoms with E-state index in [2.05, 4.69) is 0 Å². The second-order valence-electron chi connectivity index (χ2n) is 12.3. The lowest BCUT2D eigenvalue weighted by molar-refractivity contribution is -0.139. The highest BCUT2D eigenvalue weighted by Gasteiger charge is 2.42. The number of rotatable bonds is 10. The summed E-state index contributed by atoms with van der Waals surface area (Å²) in [5, 5.41) is 0. The molecule has 49 heavy (non-hydrogen) atoms. The van der Waals surface area contributed by atoms with Crippen molar-refractivity contribution in [2.45, 2.75) is 57.6 Å². The average molecular weight is 688 g/mol. The summed E-state index contributed by atoms with van der Waals surface area (Å²) in [5.74, 6) is -2.67. The molecule has 1 fully saturated rings. The molecule has 1 aliphatic heterocycles. The number of alkyl halides is 6. The van der Waals surface area contributed by atoms with Crippen molar-refractivity contribution in [2.24, 2.45) is 5.92 Å². The molecule has 0 saturated carbocycles. The van der Waals surface area contributed by atoms with Gasteiger partial charge in [0, 0.05) is 5.56 Å². The molecule has 4 aromatic rings. The fraction of sp³-hybridized carbons (Fsp3) is 0.297. The van der Waals surface area contributed by atoms with Crippen LogP contribution in [-0.2, 0) is 34.9 Å². The van der Waals surface area contributed by atoms with Gasteiger partial charge in [-0.05, 0) is 77.4 Å². The Morgan fingerprint density at radius 1 is 0.878 bits per heavy atom. The minimum atomic E-state index is -4.87. The standard InChI is InChI=1S/C37H32F7NO4/c1-22(2)14-32(34(46)45-30(21-49-35(45)47)15-23-6-4-3-5-7-23)27-16-26(24-8-11-28(12-9-24)36(39,40)41)17-31(18-27)48-20-25-10-13-29(38)19-33(25)37(42,43)44/h3-13,16-19,22,30,32H,14-15,20-21H2,1-2H3/t30-,32-/m1/s1. The number of carbonyl (C=O) groups is 2. The lowest BCUT2D eigenvalue weighted by atomic mass is 9.86. The fourth-order valence-corrected chi connectivity index (χ4v) is 5.81. The average Bonchev–Trinajstić information content (AvgIpc) is 3.41. The summed E-state index contributed by atoms with van der Waals surface area (Å²) < 4.78 is 106. The van der Waals surface area contributed by atoms with E-state index in [9.17, 15) is 40.3 Å². The van der Waals surface area contributed by atoms with Crippen LogP contribution in [0.4, 0.5) is 35.5 Å². The number of benzene rings is 4. The maximum atomic E-state index is 14.3. The molecule has 258 valence electrons. The van der Waals surface area contributed by atoms with Crippen LogP contribution < -0.4 is 4.74 Å². The quantitative estimate of drug-likeness (QED) is 0.156. The summed E-state index contributed by atoms with van der Waals surface area (Å²) >= 11 is 0. The van der Waals surface area contributed by atoms with E-state index in [4.69, 9.17) is 9.47 Å². The molecule has 0 spiro atoms. The van der Waals surface area contributed by atoms with E-state index in [1.54, 1.807) is 6.07 Å². The third-order valence-electron chi connectivity index (χ3n) is 8.17. The van der Waals surface area contributed by atoms with Crippen molar-refractivity contribution < 1.29 is 49.8 Å². The maximum absolute atomic E-state index is 14.3. The molecule has 1 saturated heterocycles. The van der Waals surface area contributed by atoms with Gasteiger partial charge in [-0.2, -0.15) is 26.3 Å². The monoisotopic (exact) mass is 687 g/mol. The first-order valence-corrected chi connectivity index (χ1v) is 15.4. The number of hydrogen-bond acceptors (Lipinski definition) is 4. The Bertz CT molecular complexity index is 1790. The SMILES string of the molecule is CC(C)C[C@@H](C(=O)N1C(=O)OC[C@H]1Cc1ccccc1)c1cc(OCc2ccc(F)cc2C(F)(F)F)cc(-c2ccc(C(F)(F)F)cc2)c1. The Kier molecular flexibility index (Phi) is 10.4. The lowest BCUT2D eigenvalue weighted by Gasteiger charge is -2.27. The minimum Gasteiger partial charge on any atom is -0.489 e. The fourth-order valence-electron chi connectivity index (χ4n) is 5.81. The summed E-state index contributed by atoms with van der Waals surface area (Å²) in [6.45, 7) is 3.08. The van der Waals surface area contributed by atoms with Gasteiger partial charge in [0.15, 0.2) is 0 Å². The third kappa shape index (κ3) is 8.60. The minimum absolute atomic E-state index is 0.0104. The Balaban J connectivity index is 1.55. The van der Waals surface area contributed by atoms with Crippen molar-refractivity contribution in [2.75, 3.05) is 6.61 Å². The van der Waals surface area contributed by atoms with E-state index in [1.165, 1.54) is 24.3 Å². The van der Waals surface area contributed by atoms with E-state index >= 15 is 0 Å². The molecular formula is C37H32F7NO4. The van der Waals surface area contributed by atoms with Gasteiger partial charge in [-0.1, -0.05) is 68.4 Å². The molecule has 0 unspecified atom stereocenters. The smallest absolute Gasteiger partial charge is 0.417 e. The van der Waals surface area contributed by atoms with Gasteiger partial charge >= 0.3 is 18.4 Å². The Morgan fingerprint density at radius 3 is 2.20 bits per heavy atom. The van der Waals surface area contributed by atoms with Gasteiger partial charge in [0.2, 0.25) is 5.91 Å². The molecule has 5 nitrogen and oxygen atoms in total. The topological polar surface area (TPSA) is 55.8 Å². The third-order valence-corrected chi connectivity index (χ3v) is 8.17. The van der Waals surface area contributed by atoms with E-state index < -0.39 is 59.9 Å². The number of ether oxygens (including phenoxy) is 2. The number of amides is 2. The molecule has 1 aliphatic rings. The highest BCUT2D eigenvalue weighted by Crippen LogP contribution is 2.38. The maximum Gasteiger partial charge on any atom is 0.417 e. The van der Waals surface area contributed by atoms with Gasteiger partial charge < -0.3 is 9.47 Å². The summed E-state index contributed by atoms with van der Waals surface area (Å²) in [4.78, 5) is 28.3. The predicted molar refractivity (Wildman–Crippen MR) is 167 cm³/mol. The van der Waals surface area contributed by atoms with Crippen molar-refractivity contribution in [3.05, 3.63) is 125 Å². The summed E-state index contributed by atoms with van der Waals surface area (Å²) in [5.41, 5.74) is -0.615. The van der Waals surface area contributed by atoms with Crippen LogP contribution in [0.3, 0.4) is 0 Å². The first-order chi connectivity index (χ1) is 23.1. The molecule has 4 aromatic carbocycles. The first kappa shape index (κ1) is 35.4. The zero-order valence-corrected chi connectivity index (χ0v) is 26.4. The number of carbonyl (C=O) groups excluding carboxylic acids is 2. The number of cyclic esters (lactones) is 1. The molecule has 0 aliphatic carbocycles. The largest absolute Gasteiger partial charge is 0.489 e. The van der Waals surface area contributed by atoms with Crippen LogP contribution in [0.5, 0.6) is 5.75 Å². The van der Waals surface area contributed by atoms with Crippen LogP contribution in [0.25, 0.3) is 11.1 Å². The van der Waals surface area contributed by atoms with Gasteiger partial charge in [-0.15, -0.1) is 0 Å². The number of nitrogens with zero attached hydrogens (tertiary/aromatic N) is 1. The summed E-state index contributed by atoms with van der Waals surface area (Å²) in [6.07, 6.45) is -9.69. The highest BCUT2D eigenvalue weighted by atomic mass is 19.4. The zero-order chi connectivity index (χ0) is 35.5. The highest BCUT2D eigenvalue weighted by molar-refractivity contribution is 5.97. The van der Waals surface area contributed by atoms with Crippen LogP contribution >= 0.6 is 0 Å². The Hall–Kier alpha value is -4.87. The number of hydrogen-bond donors (Lipinski definition) is 0. The summed E-state index contributed by atoms with van der Waals surface area (Å²) in [6, 6.07) is 19.5. The van der Waals surface area contributed by atoms with Crippen molar-refractivity contribution >= 4 is 12.0 Å². The van der Waals surface area contributed by atoms with Gasteiger partial charge in [0.1, 0.15) is 24.8 Å². The molecule has 2 atom stereocenters. The van der Waals surface area contributed by atoms with E-state index in [-0.39, 0.29) is 30.3 Å². The van der Waals surface area contributed by atoms with Crippen LogP contribution in [0.15, 0.2) is 91.0 Å². The molecular weight excluding hydrogens is 655 g/mol.